The van der Waals surface area contributed by atoms with Crippen LogP contribution in [-0.4, -0.2) is 23.5 Å². The molecule has 1 aliphatic rings. The van der Waals surface area contributed by atoms with Gasteiger partial charge in [0, 0.05) is 23.7 Å². The molecule has 2 N–H and O–H groups in total. The predicted molar refractivity (Wildman–Crippen MR) is 68.1 cm³/mol. The van der Waals surface area contributed by atoms with E-state index in [-0.39, 0.29) is 17.6 Å². The first kappa shape index (κ1) is 14.3. The molecule has 0 aromatic heterocycles. The summed E-state index contributed by atoms with van der Waals surface area (Å²) in [5.74, 6) is -2.92. The van der Waals surface area contributed by atoms with Crippen LogP contribution in [0, 0.1) is 17.5 Å². The molecule has 0 amide bonds. The van der Waals surface area contributed by atoms with Crippen molar-refractivity contribution in [3.63, 3.8) is 0 Å². The van der Waals surface area contributed by atoms with E-state index in [1.165, 1.54) is 0 Å². The van der Waals surface area contributed by atoms with E-state index >= 15 is 0 Å². The normalized spacial score (nSPS) is 25.0. The molecule has 19 heavy (non-hydrogen) atoms. The third kappa shape index (κ3) is 2.77. The van der Waals surface area contributed by atoms with Gasteiger partial charge in [-0.1, -0.05) is 0 Å². The highest BCUT2D eigenvalue weighted by molar-refractivity contribution is 5.25. The molecule has 0 spiro atoms. The van der Waals surface area contributed by atoms with Gasteiger partial charge in [0.05, 0.1) is 6.04 Å². The number of halogens is 3. The van der Waals surface area contributed by atoms with E-state index in [2.05, 4.69) is 0 Å². The van der Waals surface area contributed by atoms with E-state index in [0.717, 1.165) is 25.5 Å². The lowest BCUT2D eigenvalue weighted by atomic mass is 9.89. The molecule has 0 aliphatic carbocycles. The zero-order valence-electron chi connectivity index (χ0n) is 11.2. The second-order valence-corrected chi connectivity index (χ2v) is 5.37. The number of benzene rings is 1. The van der Waals surface area contributed by atoms with Crippen LogP contribution >= 0.6 is 0 Å². The summed E-state index contributed by atoms with van der Waals surface area (Å²) in [5, 5.41) is 0. The Morgan fingerprint density at radius 2 is 1.79 bits per heavy atom. The Bertz CT molecular complexity index is 462. The van der Waals surface area contributed by atoms with Gasteiger partial charge in [0.2, 0.25) is 0 Å². The van der Waals surface area contributed by atoms with Gasteiger partial charge in [0.25, 0.3) is 0 Å². The zero-order chi connectivity index (χ0) is 14.2. The van der Waals surface area contributed by atoms with Crippen molar-refractivity contribution in [1.82, 2.24) is 4.90 Å². The second-order valence-electron chi connectivity index (χ2n) is 5.37. The molecule has 0 bridgehead atoms. The van der Waals surface area contributed by atoms with Gasteiger partial charge >= 0.3 is 0 Å². The highest BCUT2D eigenvalue weighted by atomic mass is 19.2. The van der Waals surface area contributed by atoms with Gasteiger partial charge in [-0.3, -0.25) is 4.90 Å². The van der Waals surface area contributed by atoms with Crippen LogP contribution in [0.25, 0.3) is 0 Å². The lowest BCUT2D eigenvalue weighted by Crippen LogP contribution is -2.49. The van der Waals surface area contributed by atoms with Crippen LogP contribution in [0.3, 0.4) is 0 Å². The van der Waals surface area contributed by atoms with E-state index in [9.17, 15) is 13.2 Å². The number of piperidine rings is 1. The molecule has 0 radical (unpaired) electrons. The molecule has 0 saturated carbocycles. The van der Waals surface area contributed by atoms with Crippen LogP contribution in [0.5, 0.6) is 0 Å². The number of rotatable bonds is 2. The first-order valence-corrected chi connectivity index (χ1v) is 6.57. The summed E-state index contributed by atoms with van der Waals surface area (Å²) >= 11 is 0. The number of hydrogen-bond donors (Lipinski definition) is 1. The summed E-state index contributed by atoms with van der Waals surface area (Å²) in [6.07, 6.45) is 1.69. The maximum atomic E-state index is 13.9. The first-order chi connectivity index (χ1) is 8.91. The van der Waals surface area contributed by atoms with Crippen LogP contribution in [0.1, 0.15) is 38.3 Å². The van der Waals surface area contributed by atoms with Crippen molar-refractivity contribution in [3.05, 3.63) is 35.1 Å². The highest BCUT2D eigenvalue weighted by Crippen LogP contribution is 2.34. The molecule has 1 heterocycles. The minimum absolute atomic E-state index is 0.153. The molecular formula is C14H19F3N2. The predicted octanol–water partition coefficient (Wildman–Crippen LogP) is 2.98. The van der Waals surface area contributed by atoms with Crippen molar-refractivity contribution < 1.29 is 13.2 Å². The molecule has 2 nitrogen and oxygen atoms in total. The maximum Gasteiger partial charge on any atom is 0.161 e. The molecule has 2 unspecified atom stereocenters. The maximum absolute atomic E-state index is 13.9. The van der Waals surface area contributed by atoms with Crippen molar-refractivity contribution in [2.75, 3.05) is 6.54 Å². The molecule has 106 valence electrons. The van der Waals surface area contributed by atoms with Crippen LogP contribution in [-0.2, 0) is 0 Å². The SMILES string of the molecule is CC(C)N1CCCC(N)C1c1cc(F)c(F)cc1F. The first-order valence-electron chi connectivity index (χ1n) is 6.57. The van der Waals surface area contributed by atoms with E-state index in [1.807, 2.05) is 18.7 Å². The Balaban J connectivity index is 2.44. The highest BCUT2D eigenvalue weighted by Gasteiger charge is 2.34. The van der Waals surface area contributed by atoms with E-state index in [1.54, 1.807) is 0 Å². The molecule has 1 fully saturated rings. The standard InChI is InChI=1S/C14H19F3N2/c1-8(2)19-5-3-4-13(18)14(19)9-6-11(16)12(17)7-10(9)15/h6-8,13-14H,3-5,18H2,1-2H3. The zero-order valence-corrected chi connectivity index (χ0v) is 11.2. The summed E-state index contributed by atoms with van der Waals surface area (Å²) in [6, 6.07) is 1.05. The lowest BCUT2D eigenvalue weighted by molar-refractivity contribution is 0.0918. The molecular weight excluding hydrogens is 253 g/mol. The van der Waals surface area contributed by atoms with Gasteiger partial charge in [0.15, 0.2) is 11.6 Å². The Labute approximate surface area is 111 Å². The van der Waals surface area contributed by atoms with Gasteiger partial charge in [-0.2, -0.15) is 0 Å². The average molecular weight is 272 g/mol. The third-order valence-corrected chi connectivity index (χ3v) is 3.74. The summed E-state index contributed by atoms with van der Waals surface area (Å²) < 4.78 is 40.3. The number of hydrogen-bond acceptors (Lipinski definition) is 2. The Morgan fingerprint density at radius 1 is 1.16 bits per heavy atom. The molecule has 1 aromatic carbocycles. The monoisotopic (exact) mass is 272 g/mol. The van der Waals surface area contributed by atoms with Crippen molar-refractivity contribution >= 4 is 0 Å². The quantitative estimate of drug-likeness (QED) is 0.839. The fourth-order valence-corrected chi connectivity index (χ4v) is 2.81. The minimum atomic E-state index is -1.17. The van der Waals surface area contributed by atoms with Crippen LogP contribution in [0.2, 0.25) is 0 Å². The van der Waals surface area contributed by atoms with Crippen molar-refractivity contribution in [3.8, 4) is 0 Å². The number of likely N-dealkylation sites (tertiary alicyclic amines) is 1. The summed E-state index contributed by atoms with van der Waals surface area (Å²) in [5.41, 5.74) is 6.22. The largest absolute Gasteiger partial charge is 0.326 e. The number of nitrogens with two attached hydrogens (primary N) is 1. The second kappa shape index (κ2) is 5.51. The molecule has 1 saturated heterocycles. The van der Waals surface area contributed by atoms with Crippen molar-refractivity contribution in [2.45, 2.75) is 44.8 Å². The molecule has 2 rings (SSSR count). The smallest absolute Gasteiger partial charge is 0.161 e. The van der Waals surface area contributed by atoms with Gasteiger partial charge < -0.3 is 5.73 Å². The van der Waals surface area contributed by atoms with E-state index in [4.69, 9.17) is 5.73 Å². The van der Waals surface area contributed by atoms with Crippen molar-refractivity contribution in [2.24, 2.45) is 5.73 Å². The van der Waals surface area contributed by atoms with E-state index < -0.39 is 23.5 Å². The fourth-order valence-electron chi connectivity index (χ4n) is 2.81. The Morgan fingerprint density at radius 3 is 2.42 bits per heavy atom. The lowest BCUT2D eigenvalue weighted by Gasteiger charge is -2.42. The van der Waals surface area contributed by atoms with Gasteiger partial charge in [-0.15, -0.1) is 0 Å². The van der Waals surface area contributed by atoms with Crippen molar-refractivity contribution in [1.29, 1.82) is 0 Å². The van der Waals surface area contributed by atoms with Gasteiger partial charge in [-0.25, -0.2) is 13.2 Å². The van der Waals surface area contributed by atoms with Crippen LogP contribution in [0.15, 0.2) is 12.1 Å². The Hall–Kier alpha value is -1.07. The van der Waals surface area contributed by atoms with Crippen LogP contribution in [0.4, 0.5) is 13.2 Å². The number of nitrogens with zero attached hydrogens (tertiary/aromatic N) is 1. The Kier molecular flexibility index (Phi) is 4.16. The van der Waals surface area contributed by atoms with Gasteiger partial charge in [0.1, 0.15) is 5.82 Å². The average Bonchev–Trinajstić information content (AvgIpc) is 2.34. The van der Waals surface area contributed by atoms with Gasteiger partial charge in [-0.05, 0) is 39.3 Å². The third-order valence-electron chi connectivity index (χ3n) is 3.74. The molecule has 1 aliphatic heterocycles. The van der Waals surface area contributed by atoms with Crippen LogP contribution < -0.4 is 5.73 Å². The van der Waals surface area contributed by atoms with E-state index in [0.29, 0.717) is 6.07 Å². The minimum Gasteiger partial charge on any atom is -0.326 e. The topological polar surface area (TPSA) is 29.3 Å². The molecule has 5 heteroatoms. The summed E-state index contributed by atoms with van der Waals surface area (Å²) in [7, 11) is 0. The fraction of sp³-hybridized carbons (Fsp3) is 0.571. The molecule has 1 aromatic rings. The summed E-state index contributed by atoms with van der Waals surface area (Å²) in [6.45, 7) is 4.76. The summed E-state index contributed by atoms with van der Waals surface area (Å²) in [4.78, 5) is 2.05. The molecule has 2 atom stereocenters.